The number of ether oxygens (including phenoxy) is 1. The predicted molar refractivity (Wildman–Crippen MR) is 63.9 cm³/mol. The molecule has 0 atom stereocenters. The molecule has 1 aliphatic carbocycles. The maximum Gasteiger partial charge on any atom is 0.188 e. The summed E-state index contributed by atoms with van der Waals surface area (Å²) in [5, 5.41) is 0.645. The fraction of sp³-hybridized carbons (Fsp3) is 0.462. The maximum absolute atomic E-state index is 11.6. The van der Waals surface area contributed by atoms with Crippen LogP contribution in [0.4, 0.5) is 0 Å². The normalized spacial score (nSPS) is 15.1. The van der Waals surface area contributed by atoms with E-state index in [1.807, 2.05) is 0 Å². The predicted octanol–water partition coefficient (Wildman–Crippen LogP) is 3.34. The van der Waals surface area contributed by atoms with Gasteiger partial charge in [-0.2, -0.15) is 0 Å². The van der Waals surface area contributed by atoms with Gasteiger partial charge >= 0.3 is 0 Å². The van der Waals surface area contributed by atoms with E-state index in [-0.39, 0.29) is 12.4 Å². The van der Waals surface area contributed by atoms with Crippen molar-refractivity contribution >= 4 is 17.4 Å². The van der Waals surface area contributed by atoms with Crippen LogP contribution < -0.4 is 0 Å². The quantitative estimate of drug-likeness (QED) is 0.561. The van der Waals surface area contributed by atoms with Gasteiger partial charge in [0.15, 0.2) is 5.78 Å². The Labute approximate surface area is 101 Å². The van der Waals surface area contributed by atoms with Crippen molar-refractivity contribution in [1.82, 2.24) is 0 Å². The average Bonchev–Trinajstić information content (AvgIpc) is 3.09. The number of Topliss-reactive ketones (excluding diaryl/α,β-unsaturated/α-hetero) is 1. The molecule has 0 radical (unpaired) electrons. The Bertz CT molecular complexity index is 355. The first kappa shape index (κ1) is 11.6. The molecule has 0 aliphatic heterocycles. The van der Waals surface area contributed by atoms with E-state index in [2.05, 4.69) is 0 Å². The third-order valence-corrected chi connectivity index (χ3v) is 3.02. The van der Waals surface area contributed by atoms with Gasteiger partial charge in [0.1, 0.15) is 6.61 Å². The molecule has 0 spiro atoms. The lowest BCUT2D eigenvalue weighted by atomic mass is 10.1. The molecule has 0 bridgehead atoms. The van der Waals surface area contributed by atoms with Crippen LogP contribution in [0.2, 0.25) is 5.02 Å². The van der Waals surface area contributed by atoms with Crippen molar-refractivity contribution in [1.29, 1.82) is 0 Å². The number of hydrogen-bond donors (Lipinski definition) is 0. The second-order valence-electron chi connectivity index (χ2n) is 4.21. The van der Waals surface area contributed by atoms with Crippen LogP contribution in [-0.4, -0.2) is 19.0 Å². The van der Waals surface area contributed by atoms with Gasteiger partial charge < -0.3 is 4.74 Å². The molecule has 2 nitrogen and oxygen atoms in total. The Hall–Kier alpha value is -0.860. The van der Waals surface area contributed by atoms with Crippen LogP contribution >= 0.6 is 11.6 Å². The molecule has 16 heavy (non-hydrogen) atoms. The standard InChI is InChI=1S/C13H15ClO2/c14-12-5-3-11(4-6-12)13(15)9-16-8-7-10-1-2-10/h3-6,10H,1-2,7-9H2. The highest BCUT2D eigenvalue weighted by atomic mass is 35.5. The topological polar surface area (TPSA) is 26.3 Å². The van der Waals surface area contributed by atoms with Crippen molar-refractivity contribution in [3.63, 3.8) is 0 Å². The average molecular weight is 239 g/mol. The van der Waals surface area contributed by atoms with Crippen molar-refractivity contribution in [2.75, 3.05) is 13.2 Å². The van der Waals surface area contributed by atoms with Gasteiger partial charge in [-0.15, -0.1) is 0 Å². The van der Waals surface area contributed by atoms with E-state index in [9.17, 15) is 4.79 Å². The van der Waals surface area contributed by atoms with Crippen LogP contribution in [-0.2, 0) is 4.74 Å². The van der Waals surface area contributed by atoms with Crippen LogP contribution in [0, 0.1) is 5.92 Å². The Balaban J connectivity index is 1.71. The molecule has 0 saturated heterocycles. The second kappa shape index (κ2) is 5.46. The molecule has 2 rings (SSSR count). The number of ketones is 1. The van der Waals surface area contributed by atoms with Crippen molar-refractivity contribution in [2.24, 2.45) is 5.92 Å². The first-order valence-electron chi connectivity index (χ1n) is 5.62. The molecular formula is C13H15ClO2. The molecule has 1 aromatic rings. The van der Waals surface area contributed by atoms with Gasteiger partial charge in [0.2, 0.25) is 0 Å². The molecule has 0 heterocycles. The van der Waals surface area contributed by atoms with Crippen LogP contribution in [0.1, 0.15) is 29.6 Å². The minimum Gasteiger partial charge on any atom is -0.373 e. The highest BCUT2D eigenvalue weighted by molar-refractivity contribution is 6.30. The van der Waals surface area contributed by atoms with E-state index in [4.69, 9.17) is 16.3 Å². The van der Waals surface area contributed by atoms with Crippen LogP contribution in [0.15, 0.2) is 24.3 Å². The minimum atomic E-state index is 0.0208. The summed E-state index contributed by atoms with van der Waals surface area (Å²) in [6.45, 7) is 0.873. The van der Waals surface area contributed by atoms with Gasteiger partial charge in [-0.05, 0) is 36.6 Å². The van der Waals surface area contributed by atoms with E-state index >= 15 is 0 Å². The number of rotatable bonds is 6. The Morgan fingerprint density at radius 3 is 2.62 bits per heavy atom. The molecule has 0 aromatic heterocycles. The number of halogens is 1. The van der Waals surface area contributed by atoms with Crippen LogP contribution in [0.25, 0.3) is 0 Å². The summed E-state index contributed by atoms with van der Waals surface area (Å²) in [6, 6.07) is 6.90. The van der Waals surface area contributed by atoms with Gasteiger partial charge in [-0.3, -0.25) is 4.79 Å². The van der Waals surface area contributed by atoms with E-state index < -0.39 is 0 Å². The number of carbonyl (C=O) groups excluding carboxylic acids is 1. The van der Waals surface area contributed by atoms with Crippen molar-refractivity contribution in [3.8, 4) is 0 Å². The molecule has 1 aromatic carbocycles. The molecule has 0 amide bonds. The summed E-state index contributed by atoms with van der Waals surface area (Å²) >= 11 is 5.74. The van der Waals surface area contributed by atoms with E-state index in [0.717, 1.165) is 12.3 Å². The highest BCUT2D eigenvalue weighted by Crippen LogP contribution is 2.32. The van der Waals surface area contributed by atoms with Gasteiger partial charge in [0.05, 0.1) is 0 Å². The maximum atomic E-state index is 11.6. The third kappa shape index (κ3) is 3.62. The number of benzene rings is 1. The second-order valence-corrected chi connectivity index (χ2v) is 4.65. The van der Waals surface area contributed by atoms with E-state index in [0.29, 0.717) is 17.2 Å². The molecule has 1 aliphatic rings. The number of hydrogen-bond acceptors (Lipinski definition) is 2. The molecule has 3 heteroatoms. The summed E-state index contributed by atoms with van der Waals surface area (Å²) in [7, 11) is 0. The summed E-state index contributed by atoms with van der Waals surface area (Å²) in [5.74, 6) is 0.873. The lowest BCUT2D eigenvalue weighted by molar-refractivity contribution is 0.0748. The van der Waals surface area contributed by atoms with E-state index in [1.165, 1.54) is 12.8 Å². The van der Waals surface area contributed by atoms with Gasteiger partial charge in [-0.25, -0.2) is 0 Å². The van der Waals surface area contributed by atoms with Crippen molar-refractivity contribution in [2.45, 2.75) is 19.3 Å². The number of carbonyl (C=O) groups is 1. The first-order valence-corrected chi connectivity index (χ1v) is 6.00. The smallest absolute Gasteiger partial charge is 0.188 e. The van der Waals surface area contributed by atoms with Gasteiger partial charge in [-0.1, -0.05) is 24.4 Å². The molecule has 0 unspecified atom stereocenters. The Kier molecular flexibility index (Phi) is 3.97. The molecule has 86 valence electrons. The zero-order chi connectivity index (χ0) is 11.4. The Morgan fingerprint density at radius 2 is 2.00 bits per heavy atom. The molecular weight excluding hydrogens is 224 g/mol. The minimum absolute atomic E-state index is 0.0208. The highest BCUT2D eigenvalue weighted by Gasteiger charge is 2.20. The zero-order valence-corrected chi connectivity index (χ0v) is 9.87. The van der Waals surface area contributed by atoms with Crippen molar-refractivity contribution in [3.05, 3.63) is 34.9 Å². The lowest BCUT2D eigenvalue weighted by Gasteiger charge is -2.03. The summed E-state index contributed by atoms with van der Waals surface area (Å²) in [6.07, 6.45) is 3.75. The summed E-state index contributed by atoms with van der Waals surface area (Å²) < 4.78 is 5.35. The molecule has 1 saturated carbocycles. The van der Waals surface area contributed by atoms with E-state index in [1.54, 1.807) is 24.3 Å². The Morgan fingerprint density at radius 1 is 1.31 bits per heavy atom. The monoisotopic (exact) mass is 238 g/mol. The fourth-order valence-corrected chi connectivity index (χ4v) is 1.67. The third-order valence-electron chi connectivity index (χ3n) is 2.77. The molecule has 0 N–H and O–H groups in total. The van der Waals surface area contributed by atoms with Gasteiger partial charge in [0, 0.05) is 17.2 Å². The van der Waals surface area contributed by atoms with Gasteiger partial charge in [0.25, 0.3) is 0 Å². The summed E-state index contributed by atoms with van der Waals surface area (Å²) in [5.41, 5.74) is 0.663. The van der Waals surface area contributed by atoms with Crippen LogP contribution in [0.5, 0.6) is 0 Å². The van der Waals surface area contributed by atoms with Crippen molar-refractivity contribution < 1.29 is 9.53 Å². The summed E-state index contributed by atoms with van der Waals surface area (Å²) in [4.78, 5) is 11.6. The lowest BCUT2D eigenvalue weighted by Crippen LogP contribution is -2.09. The zero-order valence-electron chi connectivity index (χ0n) is 9.12. The fourth-order valence-electron chi connectivity index (χ4n) is 1.54. The SMILES string of the molecule is O=C(COCCC1CC1)c1ccc(Cl)cc1. The van der Waals surface area contributed by atoms with Crippen LogP contribution in [0.3, 0.4) is 0 Å². The first-order chi connectivity index (χ1) is 7.75. The molecule has 1 fully saturated rings. The largest absolute Gasteiger partial charge is 0.373 e.